The Labute approximate surface area is 114 Å². The molecular weight excluding hydrogens is 302 g/mol. The van der Waals surface area contributed by atoms with Crippen molar-refractivity contribution in [3.8, 4) is 0 Å². The van der Waals surface area contributed by atoms with Crippen LogP contribution in [0, 0.1) is 0 Å². The molecule has 0 amide bonds. The van der Waals surface area contributed by atoms with Crippen LogP contribution in [0.15, 0.2) is 35.1 Å². The van der Waals surface area contributed by atoms with Crippen molar-refractivity contribution in [2.24, 2.45) is 0 Å². The highest BCUT2D eigenvalue weighted by atomic mass is 79.9. The Morgan fingerprint density at radius 2 is 2.35 bits per heavy atom. The summed E-state index contributed by atoms with van der Waals surface area (Å²) in [4.78, 5) is 7.37. The van der Waals surface area contributed by atoms with Crippen molar-refractivity contribution in [1.29, 1.82) is 0 Å². The first-order valence-corrected chi connectivity index (χ1v) is 6.48. The van der Waals surface area contributed by atoms with Crippen molar-refractivity contribution in [1.82, 2.24) is 15.3 Å². The Morgan fingerprint density at radius 3 is 2.94 bits per heavy atom. The van der Waals surface area contributed by atoms with Gasteiger partial charge in [-0.1, -0.05) is 33.6 Å². The first-order valence-electron chi connectivity index (χ1n) is 5.31. The summed E-state index contributed by atoms with van der Waals surface area (Å²) in [5, 5.41) is 4.00. The van der Waals surface area contributed by atoms with E-state index < -0.39 is 0 Å². The van der Waals surface area contributed by atoms with E-state index in [9.17, 15) is 0 Å². The molecule has 2 aromatic rings. The van der Waals surface area contributed by atoms with Crippen LogP contribution in [0.1, 0.15) is 17.4 Å². The van der Waals surface area contributed by atoms with E-state index in [4.69, 9.17) is 11.6 Å². The van der Waals surface area contributed by atoms with Gasteiger partial charge in [0.2, 0.25) is 0 Å². The van der Waals surface area contributed by atoms with Gasteiger partial charge in [-0.05, 0) is 31.2 Å². The summed E-state index contributed by atoms with van der Waals surface area (Å²) in [6.45, 7) is 0. The third-order valence-corrected chi connectivity index (χ3v) is 3.48. The number of rotatable bonds is 4. The van der Waals surface area contributed by atoms with Gasteiger partial charge in [0.05, 0.1) is 6.04 Å². The predicted octanol–water partition coefficient (Wildman–Crippen LogP) is 3.33. The zero-order valence-corrected chi connectivity index (χ0v) is 11.7. The van der Waals surface area contributed by atoms with E-state index in [-0.39, 0.29) is 6.04 Å². The number of H-pyrrole nitrogens is 1. The zero-order chi connectivity index (χ0) is 12.3. The molecule has 2 rings (SSSR count). The molecule has 0 aliphatic carbocycles. The molecule has 1 aromatic carbocycles. The van der Waals surface area contributed by atoms with Gasteiger partial charge in [0.25, 0.3) is 0 Å². The first-order chi connectivity index (χ1) is 8.20. The average molecular weight is 315 g/mol. The van der Waals surface area contributed by atoms with Crippen LogP contribution in [0.4, 0.5) is 0 Å². The summed E-state index contributed by atoms with van der Waals surface area (Å²) in [6, 6.07) is 6.07. The van der Waals surface area contributed by atoms with Crippen molar-refractivity contribution in [3.63, 3.8) is 0 Å². The monoisotopic (exact) mass is 313 g/mol. The maximum atomic E-state index is 6.20. The van der Waals surface area contributed by atoms with Crippen molar-refractivity contribution < 1.29 is 0 Å². The van der Waals surface area contributed by atoms with Gasteiger partial charge in [0.15, 0.2) is 0 Å². The van der Waals surface area contributed by atoms with Gasteiger partial charge in [-0.2, -0.15) is 0 Å². The standard InChI is InChI=1S/C12H13BrClN3/c1-15-11(12-16-4-5-17-12)6-8-2-3-9(13)7-10(8)14/h2-5,7,11,15H,6H2,1H3,(H,16,17). The summed E-state index contributed by atoms with van der Waals surface area (Å²) < 4.78 is 0.991. The molecule has 0 aliphatic rings. The Morgan fingerprint density at radius 1 is 1.53 bits per heavy atom. The number of imidazole rings is 1. The third-order valence-electron chi connectivity index (χ3n) is 2.64. The van der Waals surface area contributed by atoms with Crippen LogP contribution in [0.25, 0.3) is 0 Å². The summed E-state index contributed by atoms with van der Waals surface area (Å²) in [7, 11) is 1.92. The molecule has 0 aliphatic heterocycles. The van der Waals surface area contributed by atoms with Gasteiger partial charge >= 0.3 is 0 Å². The predicted molar refractivity (Wildman–Crippen MR) is 73.2 cm³/mol. The van der Waals surface area contributed by atoms with Crippen molar-refractivity contribution in [3.05, 3.63) is 51.5 Å². The Hall–Kier alpha value is -0.840. The second-order valence-corrected chi connectivity index (χ2v) is 5.08. The molecule has 3 nitrogen and oxygen atoms in total. The fourth-order valence-corrected chi connectivity index (χ4v) is 2.46. The number of aromatic amines is 1. The van der Waals surface area contributed by atoms with E-state index in [1.54, 1.807) is 6.20 Å². The van der Waals surface area contributed by atoms with E-state index in [0.29, 0.717) is 0 Å². The lowest BCUT2D eigenvalue weighted by Crippen LogP contribution is -2.20. The van der Waals surface area contributed by atoms with Gasteiger partial charge in [0.1, 0.15) is 5.82 Å². The maximum Gasteiger partial charge on any atom is 0.123 e. The van der Waals surface area contributed by atoms with E-state index in [1.807, 2.05) is 31.4 Å². The number of nitrogens with zero attached hydrogens (tertiary/aromatic N) is 1. The van der Waals surface area contributed by atoms with Gasteiger partial charge in [-0.15, -0.1) is 0 Å². The van der Waals surface area contributed by atoms with Crippen LogP contribution in [0.5, 0.6) is 0 Å². The zero-order valence-electron chi connectivity index (χ0n) is 9.37. The van der Waals surface area contributed by atoms with Crippen LogP contribution in [0.2, 0.25) is 5.02 Å². The average Bonchev–Trinajstić information content (AvgIpc) is 2.81. The topological polar surface area (TPSA) is 40.7 Å². The molecule has 0 saturated carbocycles. The minimum atomic E-state index is 0.142. The Bertz CT molecular complexity index is 485. The molecule has 0 radical (unpaired) electrons. The van der Waals surface area contributed by atoms with Crippen LogP contribution in [0.3, 0.4) is 0 Å². The molecule has 2 N–H and O–H groups in total. The summed E-state index contributed by atoms with van der Waals surface area (Å²) >= 11 is 9.60. The summed E-state index contributed by atoms with van der Waals surface area (Å²) in [5.74, 6) is 0.923. The number of hydrogen-bond donors (Lipinski definition) is 2. The molecule has 0 spiro atoms. The molecule has 0 bridgehead atoms. The highest BCUT2D eigenvalue weighted by Gasteiger charge is 2.14. The third kappa shape index (κ3) is 3.09. The van der Waals surface area contributed by atoms with E-state index in [0.717, 1.165) is 27.3 Å². The minimum Gasteiger partial charge on any atom is -0.347 e. The largest absolute Gasteiger partial charge is 0.347 e. The van der Waals surface area contributed by atoms with Crippen molar-refractivity contribution >= 4 is 27.5 Å². The highest BCUT2D eigenvalue weighted by molar-refractivity contribution is 9.10. The molecule has 1 unspecified atom stereocenters. The van der Waals surface area contributed by atoms with Gasteiger partial charge in [-0.3, -0.25) is 0 Å². The second kappa shape index (κ2) is 5.67. The fourth-order valence-electron chi connectivity index (χ4n) is 1.71. The molecule has 0 saturated heterocycles. The fraction of sp³-hybridized carbons (Fsp3) is 0.250. The molecule has 1 aromatic heterocycles. The maximum absolute atomic E-state index is 6.20. The molecule has 1 heterocycles. The lowest BCUT2D eigenvalue weighted by atomic mass is 10.1. The Balaban J connectivity index is 2.19. The van der Waals surface area contributed by atoms with Crippen LogP contribution in [-0.4, -0.2) is 17.0 Å². The molecule has 90 valence electrons. The van der Waals surface area contributed by atoms with Crippen LogP contribution in [-0.2, 0) is 6.42 Å². The highest BCUT2D eigenvalue weighted by Crippen LogP contribution is 2.25. The quantitative estimate of drug-likeness (QED) is 0.909. The lowest BCUT2D eigenvalue weighted by Gasteiger charge is -2.14. The number of benzene rings is 1. The van der Waals surface area contributed by atoms with Crippen LogP contribution >= 0.6 is 27.5 Å². The first kappa shape index (κ1) is 12.6. The number of likely N-dealkylation sites (N-methyl/N-ethyl adjacent to an activating group) is 1. The number of nitrogens with one attached hydrogen (secondary N) is 2. The van der Waals surface area contributed by atoms with E-state index >= 15 is 0 Å². The molecular formula is C12H13BrClN3. The summed E-state index contributed by atoms with van der Waals surface area (Å²) in [5.41, 5.74) is 1.10. The van der Waals surface area contributed by atoms with Gasteiger partial charge < -0.3 is 10.3 Å². The number of hydrogen-bond acceptors (Lipinski definition) is 2. The SMILES string of the molecule is CNC(Cc1ccc(Br)cc1Cl)c1ncc[nH]1. The number of aromatic nitrogens is 2. The smallest absolute Gasteiger partial charge is 0.123 e. The Kier molecular flexibility index (Phi) is 4.20. The van der Waals surface area contributed by atoms with Gasteiger partial charge in [0, 0.05) is 21.9 Å². The second-order valence-electron chi connectivity index (χ2n) is 3.76. The van der Waals surface area contributed by atoms with E-state index in [2.05, 4.69) is 31.2 Å². The minimum absolute atomic E-state index is 0.142. The molecule has 17 heavy (non-hydrogen) atoms. The van der Waals surface area contributed by atoms with E-state index in [1.165, 1.54) is 0 Å². The molecule has 1 atom stereocenters. The van der Waals surface area contributed by atoms with Crippen molar-refractivity contribution in [2.45, 2.75) is 12.5 Å². The van der Waals surface area contributed by atoms with Crippen LogP contribution < -0.4 is 5.32 Å². The lowest BCUT2D eigenvalue weighted by molar-refractivity contribution is 0.563. The van der Waals surface area contributed by atoms with Gasteiger partial charge in [-0.25, -0.2) is 4.98 Å². The molecule has 0 fully saturated rings. The molecule has 5 heteroatoms. The number of halogens is 2. The van der Waals surface area contributed by atoms with Crippen molar-refractivity contribution in [2.75, 3.05) is 7.05 Å². The normalized spacial score (nSPS) is 12.6. The summed E-state index contributed by atoms with van der Waals surface area (Å²) in [6.07, 6.45) is 4.38.